The first kappa shape index (κ1) is 24.3. The van der Waals surface area contributed by atoms with Crippen LogP contribution in [0.4, 0.5) is 5.82 Å². The van der Waals surface area contributed by atoms with E-state index in [1.807, 2.05) is 38.1 Å². The number of carbonyl (C=O) groups excluding carboxylic acids is 1. The van der Waals surface area contributed by atoms with Gasteiger partial charge in [0, 0.05) is 11.5 Å². The third kappa shape index (κ3) is 4.57. The molecule has 0 aliphatic heterocycles. The van der Waals surface area contributed by atoms with E-state index in [4.69, 9.17) is 19.2 Å². The van der Waals surface area contributed by atoms with Gasteiger partial charge in [0.25, 0.3) is 0 Å². The normalized spacial score (nSPS) is 10.9. The zero-order valence-electron chi connectivity index (χ0n) is 20.6. The number of para-hydroxylation sites is 1. The van der Waals surface area contributed by atoms with Crippen LogP contribution >= 0.6 is 0 Å². The fourth-order valence-corrected chi connectivity index (χ4v) is 3.90. The van der Waals surface area contributed by atoms with E-state index in [0.29, 0.717) is 28.6 Å². The van der Waals surface area contributed by atoms with Crippen LogP contribution < -0.4 is 19.5 Å². The molecular formula is C27H25N5O4. The van der Waals surface area contributed by atoms with E-state index < -0.39 is 5.91 Å². The lowest BCUT2D eigenvalue weighted by molar-refractivity contribution is -0.111. The number of nitrogens with one attached hydrogen (secondary N) is 1. The monoisotopic (exact) mass is 483 g/mol. The van der Waals surface area contributed by atoms with Crippen molar-refractivity contribution < 1.29 is 19.0 Å². The van der Waals surface area contributed by atoms with Crippen molar-refractivity contribution in [3.63, 3.8) is 0 Å². The van der Waals surface area contributed by atoms with Crippen LogP contribution in [0.2, 0.25) is 0 Å². The van der Waals surface area contributed by atoms with Crippen LogP contribution in [0.3, 0.4) is 0 Å². The molecule has 2 aromatic heterocycles. The molecule has 0 spiro atoms. The summed E-state index contributed by atoms with van der Waals surface area (Å²) in [4.78, 5) is 17.6. The second-order valence-electron chi connectivity index (χ2n) is 7.98. The minimum atomic E-state index is -0.448. The number of fused-ring (bicyclic) bond motifs is 1. The molecule has 182 valence electrons. The number of nitrogens with zero attached hydrogens (tertiary/aromatic N) is 4. The van der Waals surface area contributed by atoms with Crippen LogP contribution in [0.5, 0.6) is 17.2 Å². The van der Waals surface area contributed by atoms with E-state index in [2.05, 4.69) is 16.5 Å². The summed E-state index contributed by atoms with van der Waals surface area (Å²) in [5, 5.41) is 17.7. The average Bonchev–Trinajstić information content (AvgIpc) is 3.29. The maximum Gasteiger partial charge on any atom is 0.249 e. The topological polar surface area (TPSA) is 111 Å². The predicted molar refractivity (Wildman–Crippen MR) is 137 cm³/mol. The highest BCUT2D eigenvalue weighted by Crippen LogP contribution is 2.38. The Morgan fingerprint density at radius 2 is 1.78 bits per heavy atom. The van der Waals surface area contributed by atoms with Crippen LogP contribution in [0.1, 0.15) is 22.3 Å². The molecule has 0 saturated heterocycles. The molecule has 0 atom stereocenters. The summed E-state index contributed by atoms with van der Waals surface area (Å²) in [7, 11) is 4.56. The van der Waals surface area contributed by atoms with Gasteiger partial charge in [0.05, 0.1) is 33.0 Å². The highest BCUT2D eigenvalue weighted by atomic mass is 16.5. The summed E-state index contributed by atoms with van der Waals surface area (Å²) < 4.78 is 17.5. The molecule has 0 fully saturated rings. The highest BCUT2D eigenvalue weighted by Gasteiger charge is 2.17. The highest BCUT2D eigenvalue weighted by molar-refractivity contribution is 6.02. The van der Waals surface area contributed by atoms with Crippen LogP contribution in [0, 0.1) is 25.2 Å². The van der Waals surface area contributed by atoms with E-state index in [1.165, 1.54) is 38.3 Å². The number of amides is 1. The average molecular weight is 484 g/mol. The number of aromatic nitrogens is 3. The van der Waals surface area contributed by atoms with Gasteiger partial charge >= 0.3 is 0 Å². The second kappa shape index (κ2) is 10.2. The Morgan fingerprint density at radius 1 is 1.06 bits per heavy atom. The molecule has 2 aromatic carbocycles. The Labute approximate surface area is 208 Å². The van der Waals surface area contributed by atoms with Crippen molar-refractivity contribution in [3.05, 3.63) is 70.9 Å². The number of aryl methyl sites for hydroxylation is 2. The Bertz CT molecular complexity index is 1510. The first-order valence-electron chi connectivity index (χ1n) is 11.0. The first-order valence-corrected chi connectivity index (χ1v) is 11.0. The molecule has 0 unspecified atom stereocenters. The van der Waals surface area contributed by atoms with Gasteiger partial charge in [-0.15, -0.1) is 0 Å². The maximum atomic E-state index is 12.8. The first-order chi connectivity index (χ1) is 17.4. The zero-order valence-corrected chi connectivity index (χ0v) is 20.6. The van der Waals surface area contributed by atoms with Crippen LogP contribution in [-0.2, 0) is 4.79 Å². The molecule has 2 heterocycles. The predicted octanol–water partition coefficient (Wildman–Crippen LogP) is 4.59. The summed E-state index contributed by atoms with van der Waals surface area (Å²) in [6.07, 6.45) is 4.36. The molecule has 0 saturated carbocycles. The minimum Gasteiger partial charge on any atom is -0.493 e. The molecule has 9 nitrogen and oxygen atoms in total. The number of methoxy groups -OCH3 is 3. The number of rotatable bonds is 7. The van der Waals surface area contributed by atoms with Gasteiger partial charge < -0.3 is 19.5 Å². The van der Waals surface area contributed by atoms with Crippen LogP contribution in [-0.4, -0.2) is 42.0 Å². The van der Waals surface area contributed by atoms with E-state index in [-0.39, 0.29) is 11.4 Å². The molecule has 1 amide bonds. The molecule has 36 heavy (non-hydrogen) atoms. The summed E-state index contributed by atoms with van der Waals surface area (Å²) in [6, 6.07) is 13.4. The number of benzene rings is 2. The molecule has 9 heteroatoms. The van der Waals surface area contributed by atoms with Gasteiger partial charge in [-0.2, -0.15) is 15.0 Å². The number of pyridine rings is 1. The van der Waals surface area contributed by atoms with Gasteiger partial charge in [0.1, 0.15) is 11.6 Å². The molecule has 0 aliphatic carbocycles. The molecule has 0 aliphatic rings. The Balaban J connectivity index is 1.67. The standard InChI is InChI=1S/C27H25N5O4/c1-16-7-6-8-20-17(2)11-23(30-25(16)20)32-27(19(14-28)15-29-32)31-24(33)10-9-18-12-21(34-3)26(36-5)22(13-18)35-4/h6-13,15H,1-5H3,(H,31,33)/b10-9+. The van der Waals surface area contributed by atoms with Gasteiger partial charge in [-0.25, -0.2) is 4.98 Å². The van der Waals surface area contributed by atoms with Crippen molar-refractivity contribution in [1.29, 1.82) is 5.26 Å². The van der Waals surface area contributed by atoms with Crippen molar-refractivity contribution in [2.75, 3.05) is 26.6 Å². The fourth-order valence-electron chi connectivity index (χ4n) is 3.90. The third-order valence-corrected chi connectivity index (χ3v) is 5.70. The number of hydrogen-bond acceptors (Lipinski definition) is 7. The number of anilines is 1. The second-order valence-corrected chi connectivity index (χ2v) is 7.98. The Morgan fingerprint density at radius 3 is 2.42 bits per heavy atom. The fraction of sp³-hybridized carbons (Fsp3) is 0.185. The van der Waals surface area contributed by atoms with Gasteiger partial charge in [0.2, 0.25) is 11.7 Å². The largest absolute Gasteiger partial charge is 0.493 e. The molecular weight excluding hydrogens is 458 g/mol. The minimum absolute atomic E-state index is 0.217. The number of carbonyl (C=O) groups is 1. The Hall–Kier alpha value is -4.84. The summed E-state index contributed by atoms with van der Waals surface area (Å²) >= 11 is 0. The quantitative estimate of drug-likeness (QED) is 0.383. The zero-order chi connectivity index (χ0) is 25.8. The van der Waals surface area contributed by atoms with Gasteiger partial charge in [0.15, 0.2) is 23.1 Å². The molecule has 4 aromatic rings. The van der Waals surface area contributed by atoms with Crippen molar-refractivity contribution >= 4 is 28.7 Å². The van der Waals surface area contributed by atoms with Crippen molar-refractivity contribution in [2.45, 2.75) is 13.8 Å². The lowest BCUT2D eigenvalue weighted by atomic mass is 10.1. The molecule has 1 N–H and O–H groups in total. The summed E-state index contributed by atoms with van der Waals surface area (Å²) in [5.74, 6) is 1.68. The van der Waals surface area contributed by atoms with Crippen molar-refractivity contribution in [2.24, 2.45) is 0 Å². The number of ether oxygens (including phenoxy) is 3. The van der Waals surface area contributed by atoms with Gasteiger partial charge in [-0.1, -0.05) is 18.2 Å². The maximum absolute atomic E-state index is 12.8. The lowest BCUT2D eigenvalue weighted by Gasteiger charge is -2.13. The smallest absolute Gasteiger partial charge is 0.249 e. The summed E-state index contributed by atoms with van der Waals surface area (Å²) in [5.41, 5.74) is 3.74. The van der Waals surface area contributed by atoms with Gasteiger partial charge in [-0.05, 0) is 54.8 Å². The van der Waals surface area contributed by atoms with Crippen molar-refractivity contribution in [1.82, 2.24) is 14.8 Å². The van der Waals surface area contributed by atoms with Crippen LogP contribution in [0.15, 0.2) is 48.7 Å². The third-order valence-electron chi connectivity index (χ3n) is 5.70. The van der Waals surface area contributed by atoms with E-state index in [0.717, 1.165) is 22.0 Å². The van der Waals surface area contributed by atoms with E-state index >= 15 is 0 Å². The van der Waals surface area contributed by atoms with E-state index in [9.17, 15) is 10.1 Å². The van der Waals surface area contributed by atoms with Crippen LogP contribution in [0.25, 0.3) is 22.8 Å². The SMILES string of the molecule is COc1cc(/C=C/C(=O)Nc2c(C#N)cnn2-c2cc(C)c3cccc(C)c3n2)cc(OC)c1OC. The molecule has 4 rings (SSSR count). The summed E-state index contributed by atoms with van der Waals surface area (Å²) in [6.45, 7) is 3.97. The van der Waals surface area contributed by atoms with Gasteiger partial charge in [-0.3, -0.25) is 4.79 Å². The molecule has 0 bridgehead atoms. The molecule has 0 radical (unpaired) electrons. The van der Waals surface area contributed by atoms with Crippen molar-refractivity contribution in [3.8, 4) is 29.1 Å². The Kier molecular flexibility index (Phi) is 6.88. The lowest BCUT2D eigenvalue weighted by Crippen LogP contribution is -2.14. The number of hydrogen-bond donors (Lipinski definition) is 1. The number of nitriles is 1. The van der Waals surface area contributed by atoms with E-state index in [1.54, 1.807) is 18.2 Å².